The summed E-state index contributed by atoms with van der Waals surface area (Å²) >= 11 is 0. The van der Waals surface area contributed by atoms with Crippen molar-refractivity contribution < 1.29 is 18.8 Å². The van der Waals surface area contributed by atoms with Gasteiger partial charge < -0.3 is 15.0 Å². The Bertz CT molecular complexity index is 658. The summed E-state index contributed by atoms with van der Waals surface area (Å²) < 4.78 is 18.1. The number of ether oxygens (including phenoxy) is 1. The van der Waals surface area contributed by atoms with Crippen LogP contribution in [0.25, 0.3) is 0 Å². The molecule has 0 aliphatic heterocycles. The maximum atomic E-state index is 12.9. The van der Waals surface area contributed by atoms with Gasteiger partial charge in [-0.1, -0.05) is 12.1 Å². The molecule has 2 aromatic carbocycles. The molecule has 1 amide bonds. The van der Waals surface area contributed by atoms with E-state index >= 15 is 0 Å². The van der Waals surface area contributed by atoms with Gasteiger partial charge in [-0.15, -0.1) is 0 Å². The molecule has 0 aliphatic carbocycles. The van der Waals surface area contributed by atoms with Crippen LogP contribution in [-0.4, -0.2) is 26.1 Å². The largest absolute Gasteiger partial charge is 0.497 e. The number of likely N-dealkylation sites (N-methyl/N-ethyl adjacent to an activating group) is 1. The summed E-state index contributed by atoms with van der Waals surface area (Å²) in [7, 11) is 3.60. The number of rotatable bonds is 6. The first-order valence-electron chi connectivity index (χ1n) is 7.51. The van der Waals surface area contributed by atoms with Gasteiger partial charge in [-0.2, -0.15) is 0 Å². The van der Waals surface area contributed by atoms with Gasteiger partial charge in [0, 0.05) is 11.3 Å². The Kier molecular flexibility index (Phi) is 5.71. The number of carbonyl (C=O) groups is 1. The fourth-order valence-corrected chi connectivity index (χ4v) is 2.27. The zero-order chi connectivity index (χ0) is 16.8. The van der Waals surface area contributed by atoms with E-state index in [1.54, 1.807) is 19.2 Å². The van der Waals surface area contributed by atoms with Crippen LogP contribution in [0, 0.1) is 5.82 Å². The normalized spacial score (nSPS) is 13.2. The van der Waals surface area contributed by atoms with E-state index in [0.717, 1.165) is 16.2 Å². The third-order valence-electron chi connectivity index (χ3n) is 3.86. The molecule has 0 fully saturated rings. The molecule has 0 spiro atoms. The number of benzene rings is 2. The lowest BCUT2D eigenvalue weighted by Gasteiger charge is -2.21. The van der Waals surface area contributed by atoms with Gasteiger partial charge >= 0.3 is 0 Å². The van der Waals surface area contributed by atoms with Crippen LogP contribution >= 0.6 is 0 Å². The second-order valence-corrected chi connectivity index (χ2v) is 5.59. The van der Waals surface area contributed by atoms with E-state index in [9.17, 15) is 9.18 Å². The third kappa shape index (κ3) is 4.79. The maximum Gasteiger partial charge on any atom is 0.282 e. The van der Waals surface area contributed by atoms with Crippen molar-refractivity contribution in [3.05, 3.63) is 59.9 Å². The lowest BCUT2D eigenvalue weighted by molar-refractivity contribution is -0.907. The Morgan fingerprint density at radius 2 is 1.96 bits per heavy atom. The van der Waals surface area contributed by atoms with Gasteiger partial charge in [0.25, 0.3) is 5.91 Å². The average molecular weight is 317 g/mol. The van der Waals surface area contributed by atoms with Crippen molar-refractivity contribution in [1.29, 1.82) is 0 Å². The standard InChI is InChI=1S/C18H21FN2O2/c1-13(18(22)20-16-9-7-15(19)8-10-16)21(2)12-14-5-4-6-17(11-14)23-3/h4-11,13H,12H2,1-3H3,(H,20,22)/p+1/t13-/m1/s1. The van der Waals surface area contributed by atoms with Gasteiger partial charge in [-0.05, 0) is 43.3 Å². The summed E-state index contributed by atoms with van der Waals surface area (Å²) in [5.41, 5.74) is 1.70. The van der Waals surface area contributed by atoms with Crippen LogP contribution in [0.3, 0.4) is 0 Å². The maximum absolute atomic E-state index is 12.9. The smallest absolute Gasteiger partial charge is 0.282 e. The Hall–Kier alpha value is -2.40. The van der Waals surface area contributed by atoms with Gasteiger partial charge in [0.1, 0.15) is 18.1 Å². The minimum atomic E-state index is -0.322. The monoisotopic (exact) mass is 317 g/mol. The Balaban J connectivity index is 1.96. The molecule has 0 radical (unpaired) electrons. The summed E-state index contributed by atoms with van der Waals surface area (Å²) in [6, 6.07) is 13.3. The number of halogens is 1. The minimum absolute atomic E-state index is 0.1000. The van der Waals surface area contributed by atoms with Crippen molar-refractivity contribution in [1.82, 2.24) is 0 Å². The molecule has 23 heavy (non-hydrogen) atoms. The molecule has 2 rings (SSSR count). The number of hydrogen-bond donors (Lipinski definition) is 2. The first-order chi connectivity index (χ1) is 11.0. The quantitative estimate of drug-likeness (QED) is 0.854. The molecule has 2 N–H and O–H groups in total. The first-order valence-corrected chi connectivity index (χ1v) is 7.51. The molecule has 2 aromatic rings. The number of nitrogens with one attached hydrogen (secondary N) is 2. The van der Waals surface area contributed by atoms with E-state index in [0.29, 0.717) is 12.2 Å². The van der Waals surface area contributed by atoms with Gasteiger partial charge in [0.2, 0.25) is 0 Å². The van der Waals surface area contributed by atoms with Crippen molar-refractivity contribution in [3.8, 4) is 5.75 Å². The predicted octanol–water partition coefficient (Wildman–Crippen LogP) is 1.88. The van der Waals surface area contributed by atoms with Crippen molar-refractivity contribution in [2.75, 3.05) is 19.5 Å². The van der Waals surface area contributed by atoms with E-state index in [4.69, 9.17) is 4.74 Å². The second-order valence-electron chi connectivity index (χ2n) is 5.59. The topological polar surface area (TPSA) is 42.8 Å². The molecule has 0 heterocycles. The number of amides is 1. The summed E-state index contributed by atoms with van der Waals surface area (Å²) in [5.74, 6) is 0.382. The molecule has 1 unspecified atom stereocenters. The molecular formula is C18H22FN2O2+. The van der Waals surface area contributed by atoms with E-state index in [1.165, 1.54) is 12.1 Å². The number of anilines is 1. The van der Waals surface area contributed by atoms with Crippen molar-refractivity contribution in [3.63, 3.8) is 0 Å². The Labute approximate surface area is 135 Å². The van der Waals surface area contributed by atoms with Crippen LogP contribution in [0.2, 0.25) is 0 Å². The van der Waals surface area contributed by atoms with Crippen LogP contribution in [0.15, 0.2) is 48.5 Å². The highest BCUT2D eigenvalue weighted by Gasteiger charge is 2.22. The van der Waals surface area contributed by atoms with Crippen LogP contribution in [0.4, 0.5) is 10.1 Å². The molecule has 0 bridgehead atoms. The summed E-state index contributed by atoms with van der Waals surface area (Å²) in [6.45, 7) is 2.57. The highest BCUT2D eigenvalue weighted by atomic mass is 19.1. The number of hydrogen-bond acceptors (Lipinski definition) is 2. The molecule has 2 atom stereocenters. The van der Waals surface area contributed by atoms with Crippen molar-refractivity contribution in [2.45, 2.75) is 19.5 Å². The summed E-state index contributed by atoms with van der Waals surface area (Å²) in [4.78, 5) is 13.4. The zero-order valence-corrected chi connectivity index (χ0v) is 13.6. The van der Waals surface area contributed by atoms with Gasteiger partial charge in [0.15, 0.2) is 6.04 Å². The molecular weight excluding hydrogens is 295 g/mol. The lowest BCUT2D eigenvalue weighted by Crippen LogP contribution is -3.12. The van der Waals surface area contributed by atoms with Crippen LogP contribution < -0.4 is 15.0 Å². The molecule has 0 saturated carbocycles. The van der Waals surface area contributed by atoms with Crippen LogP contribution in [-0.2, 0) is 11.3 Å². The zero-order valence-electron chi connectivity index (χ0n) is 13.6. The van der Waals surface area contributed by atoms with Gasteiger partial charge in [-0.25, -0.2) is 4.39 Å². The summed E-state index contributed by atoms with van der Waals surface area (Å²) in [6.07, 6.45) is 0. The molecule has 122 valence electrons. The lowest BCUT2D eigenvalue weighted by atomic mass is 10.1. The fourth-order valence-electron chi connectivity index (χ4n) is 2.27. The predicted molar refractivity (Wildman–Crippen MR) is 88.1 cm³/mol. The second kappa shape index (κ2) is 7.74. The number of methoxy groups -OCH3 is 1. The molecule has 0 aliphatic rings. The SMILES string of the molecule is COc1cccc(C[NH+](C)[C@H](C)C(=O)Nc2ccc(F)cc2)c1. The molecule has 5 heteroatoms. The van der Waals surface area contributed by atoms with Crippen molar-refractivity contribution >= 4 is 11.6 Å². The highest BCUT2D eigenvalue weighted by Crippen LogP contribution is 2.12. The minimum Gasteiger partial charge on any atom is -0.497 e. The molecule has 0 saturated heterocycles. The van der Waals surface area contributed by atoms with Crippen LogP contribution in [0.1, 0.15) is 12.5 Å². The van der Waals surface area contributed by atoms with Crippen LogP contribution in [0.5, 0.6) is 5.75 Å². The van der Waals surface area contributed by atoms with E-state index in [1.807, 2.05) is 38.2 Å². The molecule has 4 nitrogen and oxygen atoms in total. The van der Waals surface area contributed by atoms with E-state index in [2.05, 4.69) is 5.32 Å². The first kappa shape index (κ1) is 17.0. The van der Waals surface area contributed by atoms with Gasteiger partial charge in [0.05, 0.1) is 14.2 Å². The third-order valence-corrected chi connectivity index (χ3v) is 3.86. The van der Waals surface area contributed by atoms with Gasteiger partial charge in [-0.3, -0.25) is 4.79 Å². The van der Waals surface area contributed by atoms with E-state index in [-0.39, 0.29) is 17.8 Å². The number of quaternary nitrogens is 1. The average Bonchev–Trinajstić information content (AvgIpc) is 2.56. The van der Waals surface area contributed by atoms with Crippen molar-refractivity contribution in [2.24, 2.45) is 0 Å². The Morgan fingerprint density at radius 3 is 2.61 bits per heavy atom. The fraction of sp³-hybridized carbons (Fsp3) is 0.278. The summed E-state index contributed by atoms with van der Waals surface area (Å²) in [5, 5.41) is 2.81. The number of carbonyl (C=O) groups excluding carboxylic acids is 1. The highest BCUT2D eigenvalue weighted by molar-refractivity contribution is 5.93. The molecule has 0 aromatic heterocycles. The van der Waals surface area contributed by atoms with E-state index < -0.39 is 0 Å². The Morgan fingerprint density at radius 1 is 1.26 bits per heavy atom.